The van der Waals surface area contributed by atoms with E-state index in [0.29, 0.717) is 35.8 Å². The zero-order valence-electron chi connectivity index (χ0n) is 15.1. The second-order valence-electron chi connectivity index (χ2n) is 5.93. The van der Waals surface area contributed by atoms with Crippen molar-refractivity contribution in [2.75, 3.05) is 13.2 Å². The van der Waals surface area contributed by atoms with Crippen LogP contribution in [0.15, 0.2) is 42.6 Å². The molecule has 0 fully saturated rings. The number of aromatic nitrogens is 1. The van der Waals surface area contributed by atoms with E-state index in [-0.39, 0.29) is 17.1 Å². The van der Waals surface area contributed by atoms with Crippen LogP contribution in [0.1, 0.15) is 35.3 Å². The lowest BCUT2D eigenvalue weighted by Gasteiger charge is -2.12. The largest absolute Gasteiger partial charge is 0.507 e. The highest BCUT2D eigenvalue weighted by molar-refractivity contribution is 6.11. The fraction of sp³-hybridized carbons (Fsp3) is 0.238. The van der Waals surface area contributed by atoms with Crippen molar-refractivity contribution in [3.8, 4) is 17.2 Å². The number of pyridine rings is 1. The van der Waals surface area contributed by atoms with Crippen LogP contribution in [-0.2, 0) is 0 Å². The second-order valence-corrected chi connectivity index (χ2v) is 5.93. The van der Waals surface area contributed by atoms with Gasteiger partial charge in [-0.15, -0.1) is 0 Å². The SMILES string of the molecule is CCOc1cc2cc(C(=O)c3cc(C)ccc3O)cnc2cc1OCC. The summed E-state index contributed by atoms with van der Waals surface area (Å²) in [4.78, 5) is 17.2. The molecule has 0 spiro atoms. The van der Waals surface area contributed by atoms with Crippen molar-refractivity contribution < 1.29 is 19.4 Å². The van der Waals surface area contributed by atoms with Gasteiger partial charge in [0.15, 0.2) is 17.3 Å². The van der Waals surface area contributed by atoms with E-state index in [0.717, 1.165) is 10.9 Å². The number of ketones is 1. The van der Waals surface area contributed by atoms with Crippen LogP contribution >= 0.6 is 0 Å². The molecule has 3 aromatic rings. The molecule has 5 nitrogen and oxygen atoms in total. The van der Waals surface area contributed by atoms with Crippen LogP contribution in [0.5, 0.6) is 17.2 Å². The van der Waals surface area contributed by atoms with Crippen molar-refractivity contribution in [2.24, 2.45) is 0 Å². The van der Waals surface area contributed by atoms with Gasteiger partial charge in [0.1, 0.15) is 5.75 Å². The summed E-state index contributed by atoms with van der Waals surface area (Å²) in [5, 5.41) is 10.8. The van der Waals surface area contributed by atoms with E-state index in [1.807, 2.05) is 32.9 Å². The Morgan fingerprint density at radius 2 is 1.73 bits per heavy atom. The number of carbonyl (C=O) groups is 1. The summed E-state index contributed by atoms with van der Waals surface area (Å²) in [5.74, 6) is 0.936. The first-order chi connectivity index (χ1) is 12.5. The molecule has 0 aliphatic carbocycles. The average Bonchev–Trinajstić information content (AvgIpc) is 2.63. The lowest BCUT2D eigenvalue weighted by molar-refractivity contribution is 0.103. The second kappa shape index (κ2) is 7.44. The maximum absolute atomic E-state index is 12.8. The minimum Gasteiger partial charge on any atom is -0.507 e. The molecule has 0 bridgehead atoms. The number of phenolic OH excluding ortho intramolecular Hbond substituents is 1. The molecule has 0 radical (unpaired) electrons. The highest BCUT2D eigenvalue weighted by atomic mass is 16.5. The van der Waals surface area contributed by atoms with Gasteiger partial charge < -0.3 is 14.6 Å². The van der Waals surface area contributed by atoms with Crippen LogP contribution in [0.4, 0.5) is 0 Å². The highest BCUT2D eigenvalue weighted by Gasteiger charge is 2.16. The quantitative estimate of drug-likeness (QED) is 0.672. The smallest absolute Gasteiger partial charge is 0.198 e. The normalized spacial score (nSPS) is 10.7. The van der Waals surface area contributed by atoms with Gasteiger partial charge in [-0.3, -0.25) is 9.78 Å². The molecule has 0 amide bonds. The minimum atomic E-state index is -0.271. The molecule has 0 atom stereocenters. The molecule has 1 heterocycles. The Kier molecular flexibility index (Phi) is 5.07. The van der Waals surface area contributed by atoms with Crippen molar-refractivity contribution in [3.63, 3.8) is 0 Å². The minimum absolute atomic E-state index is 0.0394. The Morgan fingerprint density at radius 3 is 2.42 bits per heavy atom. The number of carbonyl (C=O) groups excluding carboxylic acids is 1. The van der Waals surface area contributed by atoms with Gasteiger partial charge >= 0.3 is 0 Å². The molecule has 0 saturated heterocycles. The van der Waals surface area contributed by atoms with E-state index in [2.05, 4.69) is 4.98 Å². The molecule has 0 aliphatic rings. The number of phenols is 1. The zero-order valence-corrected chi connectivity index (χ0v) is 15.1. The summed E-state index contributed by atoms with van der Waals surface area (Å²) in [6.45, 7) is 6.71. The Balaban J connectivity index is 2.06. The van der Waals surface area contributed by atoms with Crippen LogP contribution in [-0.4, -0.2) is 29.1 Å². The molecule has 1 aromatic heterocycles. The number of hydrogen-bond acceptors (Lipinski definition) is 5. The maximum atomic E-state index is 12.8. The first-order valence-electron chi connectivity index (χ1n) is 8.57. The molecule has 26 heavy (non-hydrogen) atoms. The van der Waals surface area contributed by atoms with Gasteiger partial charge in [0.2, 0.25) is 0 Å². The number of nitrogens with zero attached hydrogens (tertiary/aromatic N) is 1. The van der Waals surface area contributed by atoms with E-state index in [1.165, 1.54) is 12.3 Å². The Morgan fingerprint density at radius 1 is 1.04 bits per heavy atom. The van der Waals surface area contributed by atoms with Crippen LogP contribution < -0.4 is 9.47 Å². The van der Waals surface area contributed by atoms with E-state index < -0.39 is 0 Å². The third kappa shape index (κ3) is 3.47. The number of rotatable bonds is 6. The predicted octanol–water partition coefficient (Wildman–Crippen LogP) is 4.28. The van der Waals surface area contributed by atoms with Gasteiger partial charge in [-0.05, 0) is 45.0 Å². The lowest BCUT2D eigenvalue weighted by Crippen LogP contribution is -2.04. The van der Waals surface area contributed by atoms with Crippen molar-refractivity contribution in [2.45, 2.75) is 20.8 Å². The van der Waals surface area contributed by atoms with Crippen LogP contribution in [0.3, 0.4) is 0 Å². The Hall–Kier alpha value is -3.08. The van der Waals surface area contributed by atoms with Crippen molar-refractivity contribution in [1.29, 1.82) is 0 Å². The van der Waals surface area contributed by atoms with Crippen molar-refractivity contribution >= 4 is 16.7 Å². The van der Waals surface area contributed by atoms with Crippen LogP contribution in [0.25, 0.3) is 10.9 Å². The molecule has 0 aliphatic heterocycles. The standard InChI is InChI=1S/C21H21NO4/c1-4-25-19-10-14-9-15(12-22-17(14)11-20(19)26-5-2)21(24)16-8-13(3)6-7-18(16)23/h6-12,23H,4-5H2,1-3H3. The van der Waals surface area contributed by atoms with E-state index in [1.54, 1.807) is 18.2 Å². The summed E-state index contributed by atoms with van der Waals surface area (Å²) in [6, 6.07) is 10.3. The summed E-state index contributed by atoms with van der Waals surface area (Å²) in [6.07, 6.45) is 1.52. The van der Waals surface area contributed by atoms with Crippen LogP contribution in [0.2, 0.25) is 0 Å². The first kappa shape index (κ1) is 17.7. The van der Waals surface area contributed by atoms with E-state index in [9.17, 15) is 9.90 Å². The van der Waals surface area contributed by atoms with Gasteiger partial charge in [-0.25, -0.2) is 0 Å². The topological polar surface area (TPSA) is 68.7 Å². The zero-order chi connectivity index (χ0) is 18.7. The molecule has 1 N–H and O–H groups in total. The number of aromatic hydroxyl groups is 1. The maximum Gasteiger partial charge on any atom is 0.198 e. The highest BCUT2D eigenvalue weighted by Crippen LogP contribution is 2.33. The van der Waals surface area contributed by atoms with Crippen LogP contribution in [0, 0.1) is 6.92 Å². The molecular formula is C21H21NO4. The molecule has 134 valence electrons. The van der Waals surface area contributed by atoms with Gasteiger partial charge in [0.05, 0.1) is 24.3 Å². The Labute approximate surface area is 152 Å². The predicted molar refractivity (Wildman–Crippen MR) is 100 cm³/mol. The van der Waals surface area contributed by atoms with Gasteiger partial charge in [-0.2, -0.15) is 0 Å². The summed E-state index contributed by atoms with van der Waals surface area (Å²) < 4.78 is 11.2. The number of hydrogen-bond donors (Lipinski definition) is 1. The lowest BCUT2D eigenvalue weighted by atomic mass is 10.0. The van der Waals surface area contributed by atoms with Gasteiger partial charge in [0.25, 0.3) is 0 Å². The molecule has 2 aromatic carbocycles. The number of benzene rings is 2. The molecule has 0 unspecified atom stereocenters. The van der Waals surface area contributed by atoms with Gasteiger partial charge in [0, 0.05) is 23.2 Å². The fourth-order valence-electron chi connectivity index (χ4n) is 2.78. The number of aryl methyl sites for hydroxylation is 1. The molecule has 3 rings (SSSR count). The first-order valence-corrected chi connectivity index (χ1v) is 8.57. The average molecular weight is 351 g/mol. The van der Waals surface area contributed by atoms with Crippen molar-refractivity contribution in [3.05, 3.63) is 59.3 Å². The van der Waals surface area contributed by atoms with E-state index >= 15 is 0 Å². The summed E-state index contributed by atoms with van der Waals surface area (Å²) in [7, 11) is 0. The summed E-state index contributed by atoms with van der Waals surface area (Å²) in [5.41, 5.74) is 2.29. The number of fused-ring (bicyclic) bond motifs is 1. The third-order valence-corrected chi connectivity index (χ3v) is 4.01. The molecule has 0 saturated carbocycles. The van der Waals surface area contributed by atoms with Crippen molar-refractivity contribution in [1.82, 2.24) is 4.98 Å². The molecule has 5 heteroatoms. The summed E-state index contributed by atoms with van der Waals surface area (Å²) >= 11 is 0. The molecular weight excluding hydrogens is 330 g/mol. The number of ether oxygens (including phenoxy) is 2. The Bertz CT molecular complexity index is 966. The monoisotopic (exact) mass is 351 g/mol. The third-order valence-electron chi connectivity index (χ3n) is 4.01. The van der Waals surface area contributed by atoms with E-state index in [4.69, 9.17) is 9.47 Å². The fourth-order valence-corrected chi connectivity index (χ4v) is 2.78. The van der Waals surface area contributed by atoms with Gasteiger partial charge in [-0.1, -0.05) is 11.6 Å².